The van der Waals surface area contributed by atoms with Crippen LogP contribution in [-0.2, 0) is 20.9 Å². The van der Waals surface area contributed by atoms with E-state index in [1.165, 1.54) is 0 Å². The lowest BCUT2D eigenvalue weighted by molar-refractivity contribution is -0.154. The van der Waals surface area contributed by atoms with Crippen molar-refractivity contribution in [2.24, 2.45) is 0 Å². The highest BCUT2D eigenvalue weighted by Gasteiger charge is 2.34. The van der Waals surface area contributed by atoms with Crippen LogP contribution < -0.4 is 15.4 Å². The maximum absolute atomic E-state index is 12.8. The third-order valence-electron chi connectivity index (χ3n) is 5.00. The number of benzene rings is 2. The van der Waals surface area contributed by atoms with Gasteiger partial charge in [-0.1, -0.05) is 42.5 Å². The molecule has 2 aromatic rings. The predicted octanol–water partition coefficient (Wildman–Crippen LogP) is 3.25. The van der Waals surface area contributed by atoms with Gasteiger partial charge in [-0.25, -0.2) is 4.79 Å². The number of esters is 1. The average Bonchev–Trinajstić information content (AvgIpc) is 3.42. The molecule has 0 bridgehead atoms. The van der Waals surface area contributed by atoms with E-state index < -0.39 is 18.0 Å². The first-order valence-electron chi connectivity index (χ1n) is 10.0. The van der Waals surface area contributed by atoms with Crippen LogP contribution in [0.5, 0.6) is 5.75 Å². The number of amides is 2. The fourth-order valence-corrected chi connectivity index (χ4v) is 4.12. The van der Waals surface area contributed by atoms with Crippen molar-refractivity contribution in [3.8, 4) is 5.75 Å². The van der Waals surface area contributed by atoms with Gasteiger partial charge in [-0.05, 0) is 60.5 Å². The van der Waals surface area contributed by atoms with Gasteiger partial charge in [0.05, 0.1) is 10.9 Å². The molecular formula is C23H22N2O5S. The highest BCUT2D eigenvalue weighted by atomic mass is 32.2. The van der Waals surface area contributed by atoms with Gasteiger partial charge < -0.3 is 14.8 Å². The maximum atomic E-state index is 12.8. The lowest BCUT2D eigenvalue weighted by Crippen LogP contribution is -2.45. The number of ether oxygens (including phenoxy) is 2. The van der Waals surface area contributed by atoms with Gasteiger partial charge in [0, 0.05) is 0 Å². The lowest BCUT2D eigenvalue weighted by atomic mass is 10.1. The third kappa shape index (κ3) is 5.53. The molecule has 0 aromatic heterocycles. The summed E-state index contributed by atoms with van der Waals surface area (Å²) in [6.45, 7) is 1.03. The Morgan fingerprint density at radius 2 is 1.90 bits per heavy atom. The molecule has 2 heterocycles. The van der Waals surface area contributed by atoms with Crippen LogP contribution in [0.4, 0.5) is 4.79 Å². The Morgan fingerprint density at radius 3 is 2.55 bits per heavy atom. The van der Waals surface area contributed by atoms with Gasteiger partial charge in [-0.2, -0.15) is 0 Å². The molecule has 2 aliphatic heterocycles. The average molecular weight is 439 g/mol. The summed E-state index contributed by atoms with van der Waals surface area (Å²) in [4.78, 5) is 36.1. The van der Waals surface area contributed by atoms with Gasteiger partial charge in [-0.15, -0.1) is 0 Å². The van der Waals surface area contributed by atoms with Crippen molar-refractivity contribution in [1.82, 2.24) is 10.6 Å². The minimum atomic E-state index is -0.760. The molecule has 0 radical (unpaired) electrons. The Labute approximate surface area is 184 Å². The molecule has 2 saturated heterocycles. The summed E-state index contributed by atoms with van der Waals surface area (Å²) in [5, 5.41) is 5.16. The molecule has 2 atom stereocenters. The molecule has 31 heavy (non-hydrogen) atoms. The van der Waals surface area contributed by atoms with Gasteiger partial charge in [0.1, 0.15) is 12.4 Å². The smallest absolute Gasteiger partial charge is 0.349 e. The van der Waals surface area contributed by atoms with Gasteiger partial charge in [0.25, 0.3) is 11.1 Å². The summed E-state index contributed by atoms with van der Waals surface area (Å²) >= 11 is 0.868. The summed E-state index contributed by atoms with van der Waals surface area (Å²) in [7, 11) is 0. The molecule has 1 unspecified atom stereocenters. The molecule has 0 aliphatic carbocycles. The van der Waals surface area contributed by atoms with E-state index in [1.54, 1.807) is 30.3 Å². The first-order valence-corrected chi connectivity index (χ1v) is 10.9. The number of nitrogens with one attached hydrogen (secondary N) is 2. The van der Waals surface area contributed by atoms with E-state index in [0.717, 1.165) is 42.3 Å². The van der Waals surface area contributed by atoms with E-state index in [2.05, 4.69) is 10.6 Å². The summed E-state index contributed by atoms with van der Waals surface area (Å²) in [5.74, 6) is -0.284. The molecule has 0 spiro atoms. The summed E-state index contributed by atoms with van der Waals surface area (Å²) in [6, 6.07) is 16.4. The van der Waals surface area contributed by atoms with Crippen LogP contribution in [-0.4, -0.2) is 35.8 Å². The fourth-order valence-electron chi connectivity index (χ4n) is 3.44. The second-order valence-electron chi connectivity index (χ2n) is 7.26. The van der Waals surface area contributed by atoms with E-state index >= 15 is 0 Å². The Balaban J connectivity index is 1.43. The molecule has 2 N–H and O–H groups in total. The summed E-state index contributed by atoms with van der Waals surface area (Å²) in [5.41, 5.74) is 1.67. The minimum Gasteiger partial charge on any atom is -0.477 e. The van der Waals surface area contributed by atoms with Crippen molar-refractivity contribution < 1.29 is 23.9 Å². The van der Waals surface area contributed by atoms with E-state index in [-0.39, 0.29) is 17.9 Å². The summed E-state index contributed by atoms with van der Waals surface area (Å²) in [6.07, 6.45) is 2.68. The van der Waals surface area contributed by atoms with Crippen molar-refractivity contribution >= 4 is 35.0 Å². The van der Waals surface area contributed by atoms with Crippen LogP contribution in [0.3, 0.4) is 0 Å². The molecule has 4 rings (SSSR count). The van der Waals surface area contributed by atoms with Crippen LogP contribution in [0, 0.1) is 0 Å². The second-order valence-corrected chi connectivity index (χ2v) is 8.27. The summed E-state index contributed by atoms with van der Waals surface area (Å²) < 4.78 is 11.5. The number of thioether (sulfide) groups is 1. The largest absolute Gasteiger partial charge is 0.477 e. The van der Waals surface area contributed by atoms with Crippen LogP contribution >= 0.6 is 11.8 Å². The maximum Gasteiger partial charge on any atom is 0.349 e. The zero-order valence-corrected chi connectivity index (χ0v) is 17.5. The number of rotatable bonds is 7. The second kappa shape index (κ2) is 9.80. The number of hydrogen-bond donors (Lipinski definition) is 2. The highest BCUT2D eigenvalue weighted by molar-refractivity contribution is 8.18. The molecule has 8 heteroatoms. The van der Waals surface area contributed by atoms with E-state index in [1.807, 2.05) is 30.3 Å². The van der Waals surface area contributed by atoms with Crippen LogP contribution in [0.1, 0.15) is 24.0 Å². The Bertz CT molecular complexity index is 985. The lowest BCUT2D eigenvalue weighted by Gasteiger charge is -2.23. The number of imide groups is 1. The van der Waals surface area contributed by atoms with Crippen LogP contribution in [0.2, 0.25) is 0 Å². The number of carbonyl (C=O) groups is 3. The van der Waals surface area contributed by atoms with E-state index in [4.69, 9.17) is 9.47 Å². The Morgan fingerprint density at radius 1 is 1.13 bits per heavy atom. The molecule has 160 valence electrons. The zero-order chi connectivity index (χ0) is 21.6. The number of hydrogen-bond acceptors (Lipinski definition) is 7. The first-order chi connectivity index (χ1) is 15.1. The van der Waals surface area contributed by atoms with Gasteiger partial charge in [0.2, 0.25) is 6.10 Å². The van der Waals surface area contributed by atoms with Gasteiger partial charge in [-0.3, -0.25) is 14.9 Å². The van der Waals surface area contributed by atoms with Crippen molar-refractivity contribution in [1.29, 1.82) is 0 Å². The predicted molar refractivity (Wildman–Crippen MR) is 117 cm³/mol. The van der Waals surface area contributed by atoms with Crippen molar-refractivity contribution in [2.45, 2.75) is 31.6 Å². The van der Waals surface area contributed by atoms with Crippen molar-refractivity contribution in [3.05, 3.63) is 70.6 Å². The molecule has 2 aliphatic rings. The number of carbonyl (C=O) groups excluding carboxylic acids is 3. The van der Waals surface area contributed by atoms with Crippen LogP contribution in [0.15, 0.2) is 59.5 Å². The molecule has 2 fully saturated rings. The minimum absolute atomic E-state index is 0.116. The van der Waals surface area contributed by atoms with Gasteiger partial charge in [0.15, 0.2) is 0 Å². The molecular weight excluding hydrogens is 416 g/mol. The Hall–Kier alpha value is -3.10. The first kappa shape index (κ1) is 21.1. The fraction of sp³-hybridized carbons (Fsp3) is 0.261. The normalized spacial score (nSPS) is 20.5. The van der Waals surface area contributed by atoms with E-state index in [0.29, 0.717) is 10.7 Å². The van der Waals surface area contributed by atoms with Gasteiger partial charge >= 0.3 is 5.97 Å². The quantitative estimate of drug-likeness (QED) is 0.506. The third-order valence-corrected chi connectivity index (χ3v) is 5.81. The van der Waals surface area contributed by atoms with E-state index in [9.17, 15) is 14.4 Å². The standard InChI is InChI=1S/C23H22N2O5S/c26-21-19(31-23(28)25-21)13-15-8-10-17(11-9-15)30-20(18-7-4-12-24-18)22(27)29-14-16-5-2-1-3-6-16/h1-3,5-6,8-11,13,18,20,24H,4,7,12,14H2,(H,25,26,28)/t18-,20?/m1/s1. The molecule has 2 amide bonds. The molecule has 2 aromatic carbocycles. The monoisotopic (exact) mass is 438 g/mol. The SMILES string of the molecule is O=C1NC(=O)C(=Cc2ccc(OC(C(=O)OCc3ccccc3)[C@H]3CCCN3)cc2)S1. The zero-order valence-electron chi connectivity index (χ0n) is 16.7. The highest BCUT2D eigenvalue weighted by Crippen LogP contribution is 2.26. The Kier molecular flexibility index (Phi) is 6.69. The van der Waals surface area contributed by atoms with Crippen molar-refractivity contribution in [3.63, 3.8) is 0 Å². The van der Waals surface area contributed by atoms with Crippen LogP contribution in [0.25, 0.3) is 6.08 Å². The van der Waals surface area contributed by atoms with Crippen molar-refractivity contribution in [2.75, 3.05) is 6.54 Å². The molecule has 7 nitrogen and oxygen atoms in total. The topological polar surface area (TPSA) is 93.7 Å². The molecule has 0 saturated carbocycles.